The summed E-state index contributed by atoms with van der Waals surface area (Å²) in [6.45, 7) is -2.75. The monoisotopic (exact) mass is 282 g/mol. The number of alkyl halides is 5. The summed E-state index contributed by atoms with van der Waals surface area (Å²) in [5, 5.41) is 0. The minimum atomic E-state index is -4.53. The van der Waals surface area contributed by atoms with Crippen LogP contribution in [0.3, 0.4) is 0 Å². The standard InChI is InChI=1S/C12H15F5N2/c13-11(14,10-4-2-1-3-5-10)8-19(7-6-18)9-12(15,16)17/h1-5H,6-9,18H2. The molecule has 0 aliphatic heterocycles. The number of hydrogen-bond acceptors (Lipinski definition) is 2. The topological polar surface area (TPSA) is 29.3 Å². The fraction of sp³-hybridized carbons (Fsp3) is 0.500. The second-order valence-electron chi connectivity index (χ2n) is 4.18. The van der Waals surface area contributed by atoms with Crippen LogP contribution in [0.25, 0.3) is 0 Å². The second kappa shape index (κ2) is 6.29. The molecule has 0 saturated carbocycles. The summed E-state index contributed by atoms with van der Waals surface area (Å²) < 4.78 is 64.5. The van der Waals surface area contributed by atoms with Gasteiger partial charge in [0, 0.05) is 18.7 Å². The zero-order valence-electron chi connectivity index (χ0n) is 10.1. The first-order valence-electron chi connectivity index (χ1n) is 5.67. The average molecular weight is 282 g/mol. The van der Waals surface area contributed by atoms with Crippen LogP contribution < -0.4 is 5.73 Å². The Morgan fingerprint density at radius 2 is 1.53 bits per heavy atom. The maximum Gasteiger partial charge on any atom is 0.401 e. The Labute approximate surface area is 108 Å². The summed E-state index contributed by atoms with van der Waals surface area (Å²) in [5.41, 5.74) is 4.85. The van der Waals surface area contributed by atoms with E-state index in [2.05, 4.69) is 0 Å². The van der Waals surface area contributed by atoms with Crippen molar-refractivity contribution < 1.29 is 22.0 Å². The average Bonchev–Trinajstić information content (AvgIpc) is 2.27. The first-order valence-corrected chi connectivity index (χ1v) is 5.67. The SMILES string of the molecule is NCCN(CC(F)(F)F)CC(F)(F)c1ccccc1. The lowest BCUT2D eigenvalue weighted by Gasteiger charge is -2.27. The summed E-state index contributed by atoms with van der Waals surface area (Å²) in [6, 6.07) is 6.77. The van der Waals surface area contributed by atoms with Crippen molar-refractivity contribution in [2.45, 2.75) is 12.1 Å². The van der Waals surface area contributed by atoms with E-state index in [1.165, 1.54) is 24.3 Å². The third-order valence-corrected chi connectivity index (χ3v) is 2.47. The van der Waals surface area contributed by atoms with Gasteiger partial charge in [-0.3, -0.25) is 4.90 Å². The molecule has 1 rings (SSSR count). The zero-order chi connectivity index (χ0) is 14.5. The minimum Gasteiger partial charge on any atom is -0.329 e. The maximum absolute atomic E-state index is 13.9. The van der Waals surface area contributed by atoms with Gasteiger partial charge in [0.2, 0.25) is 0 Å². The van der Waals surface area contributed by atoms with E-state index in [-0.39, 0.29) is 18.7 Å². The van der Waals surface area contributed by atoms with Crippen LogP contribution in [-0.4, -0.2) is 37.3 Å². The van der Waals surface area contributed by atoms with Crippen molar-refractivity contribution >= 4 is 0 Å². The summed E-state index contributed by atoms with van der Waals surface area (Å²) in [4.78, 5) is 0.618. The van der Waals surface area contributed by atoms with Crippen molar-refractivity contribution in [2.24, 2.45) is 5.73 Å². The fourth-order valence-corrected chi connectivity index (χ4v) is 1.70. The van der Waals surface area contributed by atoms with Gasteiger partial charge in [-0.25, -0.2) is 0 Å². The molecular weight excluding hydrogens is 267 g/mol. The van der Waals surface area contributed by atoms with Gasteiger partial charge in [0.05, 0.1) is 13.1 Å². The van der Waals surface area contributed by atoms with E-state index in [9.17, 15) is 22.0 Å². The van der Waals surface area contributed by atoms with Gasteiger partial charge in [0.25, 0.3) is 5.92 Å². The molecule has 0 atom stereocenters. The third kappa shape index (κ3) is 5.52. The molecule has 19 heavy (non-hydrogen) atoms. The predicted octanol–water partition coefficient (Wildman–Crippen LogP) is 2.60. The normalized spacial score (nSPS) is 13.0. The van der Waals surface area contributed by atoms with E-state index in [0.717, 1.165) is 0 Å². The lowest BCUT2D eigenvalue weighted by Crippen LogP contribution is -2.43. The molecule has 108 valence electrons. The second-order valence-corrected chi connectivity index (χ2v) is 4.18. The van der Waals surface area contributed by atoms with Crippen LogP contribution in [0.15, 0.2) is 30.3 Å². The molecule has 0 saturated heterocycles. The van der Waals surface area contributed by atoms with Crippen molar-refractivity contribution in [3.8, 4) is 0 Å². The Morgan fingerprint density at radius 3 is 2.00 bits per heavy atom. The molecule has 0 amide bonds. The van der Waals surface area contributed by atoms with Gasteiger partial charge in [0.1, 0.15) is 0 Å². The number of halogens is 5. The molecule has 1 aromatic carbocycles. The van der Waals surface area contributed by atoms with Gasteiger partial charge in [0.15, 0.2) is 0 Å². The smallest absolute Gasteiger partial charge is 0.329 e. The molecule has 0 aliphatic rings. The van der Waals surface area contributed by atoms with E-state index in [0.29, 0.717) is 4.90 Å². The van der Waals surface area contributed by atoms with Crippen molar-refractivity contribution in [3.05, 3.63) is 35.9 Å². The highest BCUT2D eigenvalue weighted by Crippen LogP contribution is 2.29. The third-order valence-electron chi connectivity index (χ3n) is 2.47. The summed E-state index contributed by atoms with van der Waals surface area (Å²) in [5.74, 6) is -3.35. The van der Waals surface area contributed by atoms with E-state index in [1.54, 1.807) is 6.07 Å². The van der Waals surface area contributed by atoms with Gasteiger partial charge >= 0.3 is 6.18 Å². The van der Waals surface area contributed by atoms with Crippen LogP contribution in [0.5, 0.6) is 0 Å². The number of benzene rings is 1. The lowest BCUT2D eigenvalue weighted by atomic mass is 10.1. The molecule has 0 radical (unpaired) electrons. The van der Waals surface area contributed by atoms with Crippen molar-refractivity contribution in [2.75, 3.05) is 26.2 Å². The quantitative estimate of drug-likeness (QED) is 0.813. The Morgan fingerprint density at radius 1 is 0.947 bits per heavy atom. The van der Waals surface area contributed by atoms with E-state index in [1.807, 2.05) is 0 Å². The Balaban J connectivity index is 2.77. The van der Waals surface area contributed by atoms with Gasteiger partial charge in [-0.15, -0.1) is 0 Å². The molecule has 0 spiro atoms. The maximum atomic E-state index is 13.9. The highest BCUT2D eigenvalue weighted by molar-refractivity contribution is 5.20. The number of nitrogens with zero attached hydrogens (tertiary/aromatic N) is 1. The number of rotatable bonds is 6. The molecule has 2 N–H and O–H groups in total. The number of nitrogens with two attached hydrogens (primary N) is 1. The fourth-order valence-electron chi connectivity index (χ4n) is 1.70. The lowest BCUT2D eigenvalue weighted by molar-refractivity contribution is -0.155. The first kappa shape index (κ1) is 15.8. The predicted molar refractivity (Wildman–Crippen MR) is 61.9 cm³/mol. The van der Waals surface area contributed by atoms with Crippen molar-refractivity contribution in [1.82, 2.24) is 4.90 Å². The highest BCUT2D eigenvalue weighted by atomic mass is 19.4. The molecule has 7 heteroatoms. The Hall–Kier alpha value is -1.21. The van der Waals surface area contributed by atoms with E-state index in [4.69, 9.17) is 5.73 Å². The molecule has 2 nitrogen and oxygen atoms in total. The molecule has 0 aromatic heterocycles. The molecule has 0 heterocycles. The van der Waals surface area contributed by atoms with E-state index >= 15 is 0 Å². The zero-order valence-corrected chi connectivity index (χ0v) is 10.1. The van der Waals surface area contributed by atoms with Crippen LogP contribution in [0.4, 0.5) is 22.0 Å². The van der Waals surface area contributed by atoms with E-state index < -0.39 is 25.2 Å². The Kier molecular flexibility index (Phi) is 5.25. The first-order chi connectivity index (χ1) is 8.74. The number of hydrogen-bond donors (Lipinski definition) is 1. The minimum absolute atomic E-state index is 0.110. The summed E-state index contributed by atoms with van der Waals surface area (Å²) >= 11 is 0. The van der Waals surface area contributed by atoms with Gasteiger partial charge in [-0.2, -0.15) is 22.0 Å². The van der Waals surface area contributed by atoms with Crippen LogP contribution in [0.2, 0.25) is 0 Å². The van der Waals surface area contributed by atoms with Gasteiger partial charge < -0.3 is 5.73 Å². The largest absolute Gasteiger partial charge is 0.401 e. The van der Waals surface area contributed by atoms with Gasteiger partial charge in [-0.05, 0) is 0 Å². The van der Waals surface area contributed by atoms with Crippen LogP contribution in [0, 0.1) is 0 Å². The highest BCUT2D eigenvalue weighted by Gasteiger charge is 2.38. The van der Waals surface area contributed by atoms with Gasteiger partial charge in [-0.1, -0.05) is 30.3 Å². The Bertz CT molecular complexity index is 377. The van der Waals surface area contributed by atoms with Crippen LogP contribution in [-0.2, 0) is 5.92 Å². The molecular formula is C12H15F5N2. The molecule has 0 aliphatic carbocycles. The van der Waals surface area contributed by atoms with Crippen molar-refractivity contribution in [1.29, 1.82) is 0 Å². The van der Waals surface area contributed by atoms with Crippen molar-refractivity contribution in [3.63, 3.8) is 0 Å². The molecule has 0 bridgehead atoms. The van der Waals surface area contributed by atoms with Crippen LogP contribution in [0.1, 0.15) is 5.56 Å². The summed E-state index contributed by atoms with van der Waals surface area (Å²) in [6.07, 6.45) is -4.53. The molecule has 0 unspecified atom stereocenters. The molecule has 1 aromatic rings. The summed E-state index contributed by atoms with van der Waals surface area (Å²) in [7, 11) is 0. The molecule has 0 fully saturated rings. The van der Waals surface area contributed by atoms with Crippen LogP contribution >= 0.6 is 0 Å².